The monoisotopic (exact) mass is 405 g/mol. The number of aryl methyl sites for hydroxylation is 1. The molecule has 1 spiro atoms. The molecule has 2 saturated heterocycles. The van der Waals surface area contributed by atoms with Gasteiger partial charge in [0.05, 0.1) is 17.9 Å². The third kappa shape index (κ3) is 2.27. The van der Waals surface area contributed by atoms with Crippen molar-refractivity contribution in [2.45, 2.75) is 57.8 Å². The zero-order valence-electron chi connectivity index (χ0n) is 16.2. The quantitative estimate of drug-likeness (QED) is 0.663. The number of hydrogen-bond donors (Lipinski definition) is 3. The summed E-state index contributed by atoms with van der Waals surface area (Å²) < 4.78 is 0. The Hall–Kier alpha value is -1.96. The van der Waals surface area contributed by atoms with E-state index in [2.05, 4.69) is 10.6 Å². The first-order valence-corrected chi connectivity index (χ1v) is 9.97. The van der Waals surface area contributed by atoms with Gasteiger partial charge in [-0.05, 0) is 44.9 Å². The lowest BCUT2D eigenvalue weighted by molar-refractivity contribution is -0.145. The number of rotatable bonds is 3. The first-order valence-electron chi connectivity index (χ1n) is 9.59. The number of aliphatic hydroxyl groups is 1. The van der Waals surface area contributed by atoms with E-state index in [9.17, 15) is 19.5 Å². The number of nitrogens with zero attached hydrogens (tertiary/aromatic N) is 1. The highest BCUT2D eigenvalue weighted by molar-refractivity contribution is 6.31. The maximum atomic E-state index is 13.4. The number of carbonyl (C=O) groups excluding carboxylic acids is 3. The lowest BCUT2D eigenvalue weighted by Crippen LogP contribution is -2.55. The molecule has 3 aliphatic heterocycles. The number of benzene rings is 1. The van der Waals surface area contributed by atoms with Crippen LogP contribution in [-0.4, -0.2) is 45.9 Å². The average Bonchev–Trinajstić information content (AvgIpc) is 3.21. The van der Waals surface area contributed by atoms with Gasteiger partial charge in [-0.3, -0.25) is 24.6 Å². The average molecular weight is 406 g/mol. The first kappa shape index (κ1) is 19.4. The minimum Gasteiger partial charge on any atom is -0.392 e. The number of aliphatic hydroxyl groups excluding tert-OH is 1. The number of amides is 3. The van der Waals surface area contributed by atoms with Crippen LogP contribution in [0.5, 0.6) is 0 Å². The fourth-order valence-electron chi connectivity index (χ4n) is 5.02. The molecule has 2 fully saturated rings. The number of hydrogen-bond acceptors (Lipinski definition) is 5. The molecule has 4 rings (SSSR count). The predicted molar refractivity (Wildman–Crippen MR) is 104 cm³/mol. The van der Waals surface area contributed by atoms with E-state index in [4.69, 9.17) is 11.6 Å². The number of halogens is 1. The van der Waals surface area contributed by atoms with Crippen molar-refractivity contribution >= 4 is 35.0 Å². The number of fused-ring (bicyclic) bond motifs is 4. The molecule has 0 unspecified atom stereocenters. The van der Waals surface area contributed by atoms with Crippen LogP contribution in [-0.2, 0) is 19.9 Å². The molecule has 3 N–H and O–H groups in total. The molecule has 0 radical (unpaired) electrons. The topological polar surface area (TPSA) is 98.7 Å². The Kier molecular flexibility index (Phi) is 4.34. The van der Waals surface area contributed by atoms with E-state index in [1.165, 1.54) is 4.90 Å². The van der Waals surface area contributed by atoms with Gasteiger partial charge in [-0.15, -0.1) is 0 Å². The van der Waals surface area contributed by atoms with Gasteiger partial charge in [-0.1, -0.05) is 18.5 Å². The molecule has 0 aliphatic carbocycles. The fourth-order valence-corrected chi connectivity index (χ4v) is 5.29. The van der Waals surface area contributed by atoms with Crippen molar-refractivity contribution in [2.75, 3.05) is 5.32 Å². The third-order valence-electron chi connectivity index (χ3n) is 6.51. The molecule has 1 aromatic rings. The van der Waals surface area contributed by atoms with Crippen molar-refractivity contribution in [3.05, 3.63) is 28.3 Å². The second kappa shape index (κ2) is 6.27. The number of anilines is 1. The molecule has 0 bridgehead atoms. The minimum absolute atomic E-state index is 0.276. The molecule has 7 nitrogen and oxygen atoms in total. The smallest absolute Gasteiger partial charge is 0.250 e. The van der Waals surface area contributed by atoms with Gasteiger partial charge in [0.1, 0.15) is 5.54 Å². The molecule has 8 heteroatoms. The maximum Gasteiger partial charge on any atom is 0.250 e. The van der Waals surface area contributed by atoms with Crippen LogP contribution in [0.3, 0.4) is 0 Å². The fraction of sp³-hybridized carbons (Fsp3) is 0.550. The molecule has 6 atom stereocenters. The predicted octanol–water partition coefficient (Wildman–Crippen LogP) is 1.55. The summed E-state index contributed by atoms with van der Waals surface area (Å²) in [6.07, 6.45) is -0.303. The van der Waals surface area contributed by atoms with E-state index in [1.54, 1.807) is 19.1 Å². The summed E-state index contributed by atoms with van der Waals surface area (Å²) in [4.78, 5) is 41.1. The summed E-state index contributed by atoms with van der Waals surface area (Å²) in [5.74, 6) is -2.83. The summed E-state index contributed by atoms with van der Waals surface area (Å²) in [5.41, 5.74) is 0.524. The van der Waals surface area contributed by atoms with Gasteiger partial charge in [-0.25, -0.2) is 0 Å². The van der Waals surface area contributed by atoms with Crippen LogP contribution in [0.4, 0.5) is 5.69 Å². The number of imide groups is 1. The third-order valence-corrected chi connectivity index (χ3v) is 6.72. The highest BCUT2D eigenvalue weighted by Crippen LogP contribution is 2.54. The SMILES string of the molecule is CC[C@H](C)N1C(=O)[C@@H]2[C@@H]([C@H](C)O)N[C@]3(C(=O)Nc4c(C)cc(Cl)cc43)[C@@H]2C1=O. The summed E-state index contributed by atoms with van der Waals surface area (Å²) in [6, 6.07) is 2.42. The Morgan fingerprint density at radius 2 is 1.93 bits per heavy atom. The van der Waals surface area contributed by atoms with Crippen LogP contribution in [0.15, 0.2) is 12.1 Å². The van der Waals surface area contributed by atoms with Crippen LogP contribution in [0, 0.1) is 18.8 Å². The minimum atomic E-state index is -1.42. The number of nitrogens with one attached hydrogen (secondary N) is 2. The maximum absolute atomic E-state index is 13.4. The van der Waals surface area contributed by atoms with Gasteiger partial charge >= 0.3 is 0 Å². The standard InChI is InChI=1S/C20H24ClN3O4/c1-5-9(3)24-17(26)13-14(18(24)27)20(23-16(13)10(4)25)12-7-11(21)6-8(2)15(12)22-19(20)28/h6-7,9-10,13-14,16,23,25H,5H2,1-4H3,(H,22,28)/t9-,10-,13-,14-,16+,20-/m0/s1. The van der Waals surface area contributed by atoms with Crippen molar-refractivity contribution in [1.82, 2.24) is 10.2 Å². The highest BCUT2D eigenvalue weighted by atomic mass is 35.5. The Morgan fingerprint density at radius 1 is 1.25 bits per heavy atom. The lowest BCUT2D eigenvalue weighted by Gasteiger charge is -2.31. The van der Waals surface area contributed by atoms with Crippen LogP contribution in [0.1, 0.15) is 38.3 Å². The second-order valence-electron chi connectivity index (χ2n) is 8.13. The molecular weight excluding hydrogens is 382 g/mol. The Bertz CT molecular complexity index is 902. The zero-order valence-corrected chi connectivity index (χ0v) is 17.0. The molecular formula is C20H24ClN3O4. The van der Waals surface area contributed by atoms with Gasteiger partial charge in [0, 0.05) is 28.4 Å². The Labute approximate surface area is 168 Å². The van der Waals surface area contributed by atoms with E-state index in [1.807, 2.05) is 20.8 Å². The van der Waals surface area contributed by atoms with Gasteiger partial charge in [0.2, 0.25) is 17.7 Å². The first-order chi connectivity index (χ1) is 13.1. The van der Waals surface area contributed by atoms with Gasteiger partial charge in [0.15, 0.2) is 0 Å². The van der Waals surface area contributed by atoms with E-state index in [-0.39, 0.29) is 17.9 Å². The van der Waals surface area contributed by atoms with E-state index < -0.39 is 35.4 Å². The zero-order chi connectivity index (χ0) is 20.5. The second-order valence-corrected chi connectivity index (χ2v) is 8.56. The van der Waals surface area contributed by atoms with E-state index in [0.717, 1.165) is 5.56 Å². The Morgan fingerprint density at radius 3 is 2.54 bits per heavy atom. The largest absolute Gasteiger partial charge is 0.392 e. The molecule has 0 saturated carbocycles. The van der Waals surface area contributed by atoms with Crippen LogP contribution in [0.25, 0.3) is 0 Å². The van der Waals surface area contributed by atoms with Gasteiger partial charge in [0.25, 0.3) is 0 Å². The van der Waals surface area contributed by atoms with Crippen molar-refractivity contribution in [3.8, 4) is 0 Å². The van der Waals surface area contributed by atoms with Crippen LogP contribution >= 0.6 is 11.6 Å². The summed E-state index contributed by atoms with van der Waals surface area (Å²) in [6.45, 7) is 7.11. The molecule has 3 aliphatic rings. The summed E-state index contributed by atoms with van der Waals surface area (Å²) >= 11 is 6.27. The van der Waals surface area contributed by atoms with E-state index >= 15 is 0 Å². The molecule has 0 aromatic heterocycles. The highest BCUT2D eigenvalue weighted by Gasteiger charge is 2.71. The van der Waals surface area contributed by atoms with Gasteiger partial charge < -0.3 is 10.4 Å². The van der Waals surface area contributed by atoms with Gasteiger partial charge in [-0.2, -0.15) is 0 Å². The summed E-state index contributed by atoms with van der Waals surface area (Å²) in [5, 5.41) is 16.9. The van der Waals surface area contributed by atoms with Crippen molar-refractivity contribution in [1.29, 1.82) is 0 Å². The molecule has 28 heavy (non-hydrogen) atoms. The Balaban J connectivity index is 1.94. The molecule has 3 amide bonds. The van der Waals surface area contributed by atoms with Crippen molar-refractivity contribution in [3.63, 3.8) is 0 Å². The van der Waals surface area contributed by atoms with Crippen molar-refractivity contribution in [2.24, 2.45) is 11.8 Å². The lowest BCUT2D eigenvalue weighted by atomic mass is 9.76. The number of carbonyl (C=O) groups is 3. The summed E-state index contributed by atoms with van der Waals surface area (Å²) in [7, 11) is 0. The molecule has 1 aromatic carbocycles. The van der Waals surface area contributed by atoms with Crippen molar-refractivity contribution < 1.29 is 19.5 Å². The van der Waals surface area contributed by atoms with Crippen LogP contribution in [0.2, 0.25) is 5.02 Å². The normalized spacial score (nSPS) is 33.3. The molecule has 150 valence electrons. The molecule has 3 heterocycles. The number of likely N-dealkylation sites (tertiary alicyclic amines) is 1. The van der Waals surface area contributed by atoms with Crippen LogP contribution < -0.4 is 10.6 Å². The van der Waals surface area contributed by atoms with E-state index in [0.29, 0.717) is 22.7 Å².